The van der Waals surface area contributed by atoms with Gasteiger partial charge in [-0.2, -0.15) is 0 Å². The Bertz CT molecular complexity index is 872. The van der Waals surface area contributed by atoms with E-state index < -0.39 is 6.03 Å². The number of rotatable bonds is 5. The van der Waals surface area contributed by atoms with Crippen molar-refractivity contribution in [2.45, 2.75) is 6.54 Å². The highest BCUT2D eigenvalue weighted by Gasteiger charge is 2.27. The number of amides is 5. The zero-order chi connectivity index (χ0) is 18.7. The number of urea groups is 1. The van der Waals surface area contributed by atoms with Gasteiger partial charge < -0.3 is 15.1 Å². The third-order valence-electron chi connectivity index (χ3n) is 3.77. The van der Waals surface area contributed by atoms with Crippen molar-refractivity contribution in [1.82, 2.24) is 16.0 Å². The molecule has 2 heterocycles. The van der Waals surface area contributed by atoms with Crippen molar-refractivity contribution in [3.8, 4) is 0 Å². The molecule has 0 radical (unpaired) electrons. The lowest BCUT2D eigenvalue weighted by Crippen LogP contribution is -2.28. The third-order valence-corrected chi connectivity index (χ3v) is 3.77. The quantitative estimate of drug-likeness (QED) is 0.679. The van der Waals surface area contributed by atoms with E-state index in [1.165, 1.54) is 18.0 Å². The maximum absolute atomic E-state index is 12.2. The number of nitrogens with one attached hydrogen (secondary N) is 3. The Balaban J connectivity index is 1.60. The van der Waals surface area contributed by atoms with Gasteiger partial charge in [-0.1, -0.05) is 0 Å². The van der Waals surface area contributed by atoms with E-state index >= 15 is 0 Å². The summed E-state index contributed by atoms with van der Waals surface area (Å²) in [5.41, 5.74) is 0.906. The topological polar surface area (TPSA) is 121 Å². The van der Waals surface area contributed by atoms with Crippen LogP contribution in [0.4, 0.5) is 10.5 Å². The Hall–Kier alpha value is -3.62. The number of anilines is 1. The van der Waals surface area contributed by atoms with Gasteiger partial charge in [-0.25, -0.2) is 4.79 Å². The van der Waals surface area contributed by atoms with Crippen molar-refractivity contribution < 1.29 is 23.6 Å². The minimum Gasteiger partial charge on any atom is -0.454 e. The van der Waals surface area contributed by atoms with Crippen molar-refractivity contribution >= 4 is 29.4 Å². The highest BCUT2D eigenvalue weighted by atomic mass is 16.4. The Morgan fingerprint density at radius 2 is 1.85 bits per heavy atom. The van der Waals surface area contributed by atoms with Crippen LogP contribution in [0.15, 0.2) is 40.8 Å². The monoisotopic (exact) mass is 356 g/mol. The fourth-order valence-corrected chi connectivity index (χ4v) is 2.43. The molecule has 1 aliphatic heterocycles. The van der Waals surface area contributed by atoms with Crippen LogP contribution in [-0.2, 0) is 11.3 Å². The molecular formula is C17H16N4O5. The van der Waals surface area contributed by atoms with Gasteiger partial charge in [0.15, 0.2) is 5.76 Å². The summed E-state index contributed by atoms with van der Waals surface area (Å²) in [5.74, 6) is -0.439. The summed E-state index contributed by atoms with van der Waals surface area (Å²) < 4.78 is 5.32. The van der Waals surface area contributed by atoms with E-state index in [0.717, 1.165) is 0 Å². The molecule has 26 heavy (non-hydrogen) atoms. The number of hydrogen-bond donors (Lipinski definition) is 3. The molecule has 1 aromatic heterocycles. The van der Waals surface area contributed by atoms with Gasteiger partial charge in [-0.05, 0) is 36.4 Å². The fourth-order valence-electron chi connectivity index (χ4n) is 2.43. The largest absolute Gasteiger partial charge is 0.454 e. The van der Waals surface area contributed by atoms with E-state index in [1.807, 2.05) is 0 Å². The summed E-state index contributed by atoms with van der Waals surface area (Å²) in [5, 5.41) is 7.31. The van der Waals surface area contributed by atoms with Crippen LogP contribution in [0.5, 0.6) is 0 Å². The van der Waals surface area contributed by atoms with E-state index in [9.17, 15) is 19.2 Å². The molecule has 1 fully saturated rings. The lowest BCUT2D eigenvalue weighted by molar-refractivity contribution is -0.117. The van der Waals surface area contributed by atoms with Gasteiger partial charge in [0.25, 0.3) is 11.8 Å². The molecular weight excluding hydrogens is 340 g/mol. The van der Waals surface area contributed by atoms with Crippen LogP contribution in [0.2, 0.25) is 0 Å². The van der Waals surface area contributed by atoms with Crippen LogP contribution in [0, 0.1) is 0 Å². The summed E-state index contributed by atoms with van der Waals surface area (Å²) in [6.45, 7) is 0.0805. The number of nitrogens with zero attached hydrogens (tertiary/aromatic N) is 1. The van der Waals surface area contributed by atoms with Crippen molar-refractivity contribution in [2.75, 3.05) is 18.5 Å². The molecule has 0 atom stereocenters. The number of carbonyl (C=O) groups excluding carboxylic acids is 4. The molecule has 134 valence electrons. The number of hydrogen-bond acceptors (Lipinski definition) is 5. The highest BCUT2D eigenvalue weighted by molar-refractivity contribution is 6.12. The molecule has 9 nitrogen and oxygen atoms in total. The molecule has 1 aliphatic rings. The summed E-state index contributed by atoms with van der Waals surface area (Å²) >= 11 is 0. The SMILES string of the molecule is CNC(=O)c1ccc(CNC(=O)c2ccc(N3CC(=O)NC3=O)cc2)o1. The first kappa shape index (κ1) is 17.2. The van der Waals surface area contributed by atoms with Crippen LogP contribution in [0.25, 0.3) is 0 Å². The van der Waals surface area contributed by atoms with Gasteiger partial charge in [-0.3, -0.25) is 24.6 Å². The first-order valence-electron chi connectivity index (χ1n) is 7.78. The Kier molecular flexibility index (Phi) is 4.70. The van der Waals surface area contributed by atoms with Gasteiger partial charge in [0, 0.05) is 18.3 Å². The van der Waals surface area contributed by atoms with Gasteiger partial charge in [0.1, 0.15) is 12.3 Å². The second kappa shape index (κ2) is 7.09. The summed E-state index contributed by atoms with van der Waals surface area (Å²) in [7, 11) is 1.50. The van der Waals surface area contributed by atoms with E-state index in [-0.39, 0.29) is 36.6 Å². The van der Waals surface area contributed by atoms with E-state index in [1.54, 1.807) is 30.3 Å². The molecule has 0 aliphatic carbocycles. The molecule has 1 saturated heterocycles. The van der Waals surface area contributed by atoms with Crippen LogP contribution in [0.3, 0.4) is 0 Å². The summed E-state index contributed by atoms with van der Waals surface area (Å²) in [6, 6.07) is 8.93. The lowest BCUT2D eigenvalue weighted by atomic mass is 10.2. The van der Waals surface area contributed by atoms with E-state index in [2.05, 4.69) is 16.0 Å². The Labute approximate surface area is 148 Å². The first-order chi connectivity index (χ1) is 12.5. The zero-order valence-corrected chi connectivity index (χ0v) is 13.9. The van der Waals surface area contributed by atoms with Crippen LogP contribution in [-0.4, -0.2) is 37.3 Å². The number of furan rings is 1. The van der Waals surface area contributed by atoms with Gasteiger partial charge >= 0.3 is 6.03 Å². The van der Waals surface area contributed by atoms with Crippen LogP contribution >= 0.6 is 0 Å². The minimum absolute atomic E-state index is 0.0451. The minimum atomic E-state index is -0.489. The summed E-state index contributed by atoms with van der Waals surface area (Å²) in [6.07, 6.45) is 0. The van der Waals surface area contributed by atoms with Crippen molar-refractivity contribution in [3.05, 3.63) is 53.5 Å². The highest BCUT2D eigenvalue weighted by Crippen LogP contribution is 2.17. The van der Waals surface area contributed by atoms with Crippen molar-refractivity contribution in [1.29, 1.82) is 0 Å². The van der Waals surface area contributed by atoms with E-state index in [0.29, 0.717) is 17.0 Å². The molecule has 5 amide bonds. The smallest absolute Gasteiger partial charge is 0.329 e. The Morgan fingerprint density at radius 1 is 1.12 bits per heavy atom. The molecule has 2 aromatic rings. The van der Waals surface area contributed by atoms with Gasteiger partial charge in [-0.15, -0.1) is 0 Å². The lowest BCUT2D eigenvalue weighted by Gasteiger charge is -2.13. The summed E-state index contributed by atoms with van der Waals surface area (Å²) in [4.78, 5) is 47.7. The Morgan fingerprint density at radius 3 is 2.46 bits per heavy atom. The number of benzene rings is 1. The zero-order valence-electron chi connectivity index (χ0n) is 13.9. The molecule has 3 N–H and O–H groups in total. The molecule has 0 saturated carbocycles. The average molecular weight is 356 g/mol. The van der Waals surface area contributed by atoms with Crippen LogP contribution in [0.1, 0.15) is 26.7 Å². The fraction of sp³-hybridized carbons (Fsp3) is 0.176. The third kappa shape index (κ3) is 3.56. The molecule has 0 unspecified atom stereocenters. The standard InChI is InChI=1S/C17H16N4O5/c1-18-16(24)13-7-6-12(26-13)8-19-15(23)10-2-4-11(5-3-10)21-9-14(22)20-17(21)25/h2-7H,8-9H2,1H3,(H,18,24)(H,19,23)(H,20,22,25). The van der Waals surface area contributed by atoms with Gasteiger partial charge in [0.05, 0.1) is 6.54 Å². The maximum Gasteiger partial charge on any atom is 0.329 e. The normalized spacial score (nSPS) is 13.5. The average Bonchev–Trinajstić information content (AvgIpc) is 3.25. The molecule has 3 rings (SSSR count). The van der Waals surface area contributed by atoms with Crippen molar-refractivity contribution in [3.63, 3.8) is 0 Å². The molecule has 9 heteroatoms. The predicted octanol–water partition coefficient (Wildman–Crippen LogP) is 0.625. The molecule has 0 spiro atoms. The first-order valence-corrected chi connectivity index (χ1v) is 7.78. The van der Waals surface area contributed by atoms with Crippen LogP contribution < -0.4 is 20.9 Å². The van der Waals surface area contributed by atoms with Gasteiger partial charge in [0.2, 0.25) is 5.91 Å². The second-order valence-corrected chi connectivity index (χ2v) is 5.51. The molecule has 0 bridgehead atoms. The predicted molar refractivity (Wildman–Crippen MR) is 90.6 cm³/mol. The number of carbonyl (C=O) groups is 4. The maximum atomic E-state index is 12.2. The van der Waals surface area contributed by atoms with Crippen molar-refractivity contribution in [2.24, 2.45) is 0 Å². The number of imide groups is 1. The molecule has 1 aromatic carbocycles. The second-order valence-electron chi connectivity index (χ2n) is 5.51. The van der Waals surface area contributed by atoms with E-state index in [4.69, 9.17) is 4.42 Å².